The molecule has 0 radical (unpaired) electrons. The van der Waals surface area contributed by atoms with Crippen LogP contribution in [-0.2, 0) is 9.59 Å². The molecular formula is C27H24N4O3. The first-order valence-electron chi connectivity index (χ1n) is 10.7. The van der Waals surface area contributed by atoms with Crippen molar-refractivity contribution in [2.75, 3.05) is 12.0 Å². The van der Waals surface area contributed by atoms with Crippen LogP contribution in [-0.4, -0.2) is 34.8 Å². The Kier molecular flexibility index (Phi) is 6.64. The Balaban J connectivity index is 1.98. The van der Waals surface area contributed by atoms with Gasteiger partial charge in [-0.2, -0.15) is 9.78 Å². The van der Waals surface area contributed by atoms with Crippen molar-refractivity contribution in [1.29, 1.82) is 0 Å². The minimum atomic E-state index is -0.447. The zero-order valence-corrected chi connectivity index (χ0v) is 19.2. The van der Waals surface area contributed by atoms with E-state index in [0.717, 1.165) is 27.3 Å². The summed E-state index contributed by atoms with van der Waals surface area (Å²) in [6.07, 6.45) is 1.66. The third-order valence-corrected chi connectivity index (χ3v) is 5.20. The maximum absolute atomic E-state index is 12.5. The van der Waals surface area contributed by atoms with E-state index in [4.69, 9.17) is 9.72 Å². The van der Waals surface area contributed by atoms with Gasteiger partial charge in [-0.1, -0.05) is 60.7 Å². The lowest BCUT2D eigenvalue weighted by molar-refractivity contribution is -0.124. The number of imide groups is 1. The van der Waals surface area contributed by atoms with E-state index >= 15 is 0 Å². The number of carbonyl (C=O) groups excluding carboxylic acids is 2. The summed E-state index contributed by atoms with van der Waals surface area (Å²) in [5, 5.41) is 4.68. The van der Waals surface area contributed by atoms with Gasteiger partial charge in [0.2, 0.25) is 17.8 Å². The van der Waals surface area contributed by atoms with Gasteiger partial charge in [0.25, 0.3) is 0 Å². The number of anilines is 1. The molecule has 0 unspecified atom stereocenters. The number of imidazole rings is 1. The fourth-order valence-corrected chi connectivity index (χ4v) is 3.62. The number of hydrogen-bond donors (Lipinski definition) is 0. The monoisotopic (exact) mass is 452 g/mol. The van der Waals surface area contributed by atoms with E-state index in [9.17, 15) is 9.59 Å². The van der Waals surface area contributed by atoms with Crippen LogP contribution >= 0.6 is 0 Å². The Bertz CT molecular complexity index is 1310. The molecule has 3 aromatic carbocycles. The van der Waals surface area contributed by atoms with E-state index in [0.29, 0.717) is 11.4 Å². The van der Waals surface area contributed by atoms with Crippen molar-refractivity contribution in [2.45, 2.75) is 13.8 Å². The number of nitrogens with zero attached hydrogens (tertiary/aromatic N) is 4. The number of amides is 2. The zero-order chi connectivity index (χ0) is 24.1. The number of hydrogen-bond acceptors (Lipinski definition) is 5. The molecule has 34 heavy (non-hydrogen) atoms. The highest BCUT2D eigenvalue weighted by atomic mass is 16.5. The van der Waals surface area contributed by atoms with Crippen LogP contribution in [0.15, 0.2) is 90.0 Å². The van der Waals surface area contributed by atoms with Gasteiger partial charge in [0.05, 0.1) is 13.3 Å². The first-order valence-corrected chi connectivity index (χ1v) is 10.7. The van der Waals surface area contributed by atoms with Crippen LogP contribution in [0.4, 0.5) is 5.95 Å². The molecule has 7 heteroatoms. The average Bonchev–Trinajstić information content (AvgIpc) is 3.22. The van der Waals surface area contributed by atoms with Crippen molar-refractivity contribution in [3.8, 4) is 28.3 Å². The van der Waals surface area contributed by atoms with E-state index < -0.39 is 11.8 Å². The number of methoxy groups -OCH3 is 1. The molecule has 0 aliphatic heterocycles. The van der Waals surface area contributed by atoms with Crippen molar-refractivity contribution in [3.63, 3.8) is 0 Å². The zero-order valence-electron chi connectivity index (χ0n) is 19.2. The quantitative estimate of drug-likeness (QED) is 0.386. The first kappa shape index (κ1) is 22.7. The highest BCUT2D eigenvalue weighted by molar-refractivity contribution is 6.12. The Hall–Kier alpha value is -4.52. The van der Waals surface area contributed by atoms with E-state index in [1.807, 2.05) is 84.9 Å². The van der Waals surface area contributed by atoms with E-state index in [2.05, 4.69) is 5.10 Å². The maximum atomic E-state index is 12.5. The smallest absolute Gasteiger partial charge is 0.241 e. The van der Waals surface area contributed by atoms with E-state index in [1.165, 1.54) is 13.8 Å². The van der Waals surface area contributed by atoms with Crippen molar-refractivity contribution < 1.29 is 14.3 Å². The van der Waals surface area contributed by atoms with Gasteiger partial charge in [-0.15, -0.1) is 0 Å². The summed E-state index contributed by atoms with van der Waals surface area (Å²) in [6.45, 7) is 2.66. The molecule has 4 aromatic rings. The van der Waals surface area contributed by atoms with E-state index in [-0.39, 0.29) is 5.95 Å². The molecule has 1 aromatic heterocycles. The van der Waals surface area contributed by atoms with Gasteiger partial charge in [-0.05, 0) is 29.8 Å². The van der Waals surface area contributed by atoms with Gasteiger partial charge in [0, 0.05) is 25.0 Å². The van der Waals surface area contributed by atoms with Crippen LogP contribution in [0.3, 0.4) is 0 Å². The molecule has 0 bridgehead atoms. The molecule has 0 aliphatic carbocycles. The lowest BCUT2D eigenvalue weighted by atomic mass is 10.1. The molecule has 4 rings (SSSR count). The molecule has 7 nitrogen and oxygen atoms in total. The first-order chi connectivity index (χ1) is 16.5. The molecular weight excluding hydrogens is 428 g/mol. The van der Waals surface area contributed by atoms with Crippen LogP contribution in [0.25, 0.3) is 22.5 Å². The summed E-state index contributed by atoms with van der Waals surface area (Å²) >= 11 is 0. The Morgan fingerprint density at radius 1 is 0.853 bits per heavy atom. The number of benzene rings is 3. The fraction of sp³-hybridized carbons (Fsp3) is 0.111. The van der Waals surface area contributed by atoms with Crippen molar-refractivity contribution >= 4 is 24.0 Å². The maximum Gasteiger partial charge on any atom is 0.241 e. The summed E-state index contributed by atoms with van der Waals surface area (Å²) < 4.78 is 6.77. The van der Waals surface area contributed by atoms with Crippen molar-refractivity contribution in [2.24, 2.45) is 5.10 Å². The standard InChI is InChI=1S/C27H24N4O3/c1-19(32)30(20(2)33)27-29-25(22-10-6-4-7-11-22)26(23-12-8-5-9-13-23)31(27)28-18-21-14-16-24(34-3)17-15-21/h4-18H,1-3H3/b28-18-. The van der Waals surface area contributed by atoms with Crippen LogP contribution in [0.1, 0.15) is 19.4 Å². The molecule has 0 atom stereocenters. The number of ether oxygens (including phenoxy) is 1. The highest BCUT2D eigenvalue weighted by Crippen LogP contribution is 2.36. The van der Waals surface area contributed by atoms with Crippen LogP contribution in [0.2, 0.25) is 0 Å². The third kappa shape index (κ3) is 4.63. The minimum Gasteiger partial charge on any atom is -0.497 e. The second-order valence-electron chi connectivity index (χ2n) is 7.54. The third-order valence-electron chi connectivity index (χ3n) is 5.20. The second kappa shape index (κ2) is 9.95. The van der Waals surface area contributed by atoms with Crippen LogP contribution in [0.5, 0.6) is 5.75 Å². The molecule has 2 amide bonds. The van der Waals surface area contributed by atoms with E-state index in [1.54, 1.807) is 18.0 Å². The Morgan fingerprint density at radius 3 is 1.94 bits per heavy atom. The summed E-state index contributed by atoms with van der Waals surface area (Å²) in [4.78, 5) is 30.7. The summed E-state index contributed by atoms with van der Waals surface area (Å²) in [5.74, 6) is -0.0335. The van der Waals surface area contributed by atoms with Gasteiger partial charge < -0.3 is 4.74 Å². The highest BCUT2D eigenvalue weighted by Gasteiger charge is 2.28. The molecule has 0 fully saturated rings. The molecule has 0 N–H and O–H groups in total. The van der Waals surface area contributed by atoms with Gasteiger partial charge in [0.15, 0.2) is 0 Å². The second-order valence-corrected chi connectivity index (χ2v) is 7.54. The predicted octanol–water partition coefficient (Wildman–Crippen LogP) is 5.01. The Morgan fingerprint density at radius 2 is 1.41 bits per heavy atom. The normalized spacial score (nSPS) is 10.9. The van der Waals surface area contributed by atoms with Gasteiger partial charge in [0.1, 0.15) is 17.1 Å². The summed E-state index contributed by atoms with van der Waals surface area (Å²) in [7, 11) is 1.61. The van der Waals surface area contributed by atoms with Gasteiger partial charge >= 0.3 is 0 Å². The molecule has 0 aliphatic rings. The molecule has 1 heterocycles. The average molecular weight is 453 g/mol. The summed E-state index contributed by atoms with van der Waals surface area (Å²) in [5.41, 5.74) is 3.78. The van der Waals surface area contributed by atoms with Crippen LogP contribution in [0, 0.1) is 0 Å². The van der Waals surface area contributed by atoms with Crippen molar-refractivity contribution in [1.82, 2.24) is 9.66 Å². The molecule has 170 valence electrons. The molecule has 0 spiro atoms. The fourth-order valence-electron chi connectivity index (χ4n) is 3.62. The topological polar surface area (TPSA) is 76.8 Å². The number of aromatic nitrogens is 2. The summed E-state index contributed by atoms with van der Waals surface area (Å²) in [6, 6.07) is 26.7. The van der Waals surface area contributed by atoms with Crippen LogP contribution < -0.4 is 9.64 Å². The SMILES string of the molecule is COc1ccc(/C=N\n2c(N(C(C)=O)C(C)=O)nc(-c3ccccc3)c2-c2ccccc2)cc1. The van der Waals surface area contributed by atoms with Crippen molar-refractivity contribution in [3.05, 3.63) is 90.5 Å². The minimum absolute atomic E-state index is 0.127. The number of carbonyl (C=O) groups is 2. The van der Waals surface area contributed by atoms with Gasteiger partial charge in [-0.25, -0.2) is 9.88 Å². The predicted molar refractivity (Wildman–Crippen MR) is 133 cm³/mol. The Labute approximate surface area is 197 Å². The largest absolute Gasteiger partial charge is 0.497 e. The lowest BCUT2D eigenvalue weighted by Crippen LogP contribution is -2.35. The number of rotatable bonds is 6. The molecule has 0 saturated heterocycles. The molecule has 0 saturated carbocycles. The van der Waals surface area contributed by atoms with Gasteiger partial charge in [-0.3, -0.25) is 9.59 Å². The lowest BCUT2D eigenvalue weighted by Gasteiger charge is -2.16.